The maximum absolute atomic E-state index is 14.0. The average molecular weight is 668 g/mol. The molecule has 5 fully saturated rings. The number of aromatic nitrogens is 3. The number of pyridine rings is 1. The minimum atomic E-state index is -0.183. The molecule has 0 radical (unpaired) electrons. The third-order valence-corrected chi connectivity index (χ3v) is 11.6. The van der Waals surface area contributed by atoms with Crippen molar-refractivity contribution in [2.45, 2.75) is 88.6 Å². The van der Waals surface area contributed by atoms with E-state index in [2.05, 4.69) is 21.8 Å². The Balaban J connectivity index is 1.08. The van der Waals surface area contributed by atoms with Crippen LogP contribution in [0.25, 0.3) is 16.9 Å². The summed E-state index contributed by atoms with van der Waals surface area (Å²) in [5.74, 6) is 0.239. The van der Waals surface area contributed by atoms with Crippen LogP contribution in [0.4, 0.5) is 5.69 Å². The molecule has 2 amide bonds. The molecule has 4 aliphatic carbocycles. The van der Waals surface area contributed by atoms with Crippen LogP contribution < -0.4 is 10.6 Å². The summed E-state index contributed by atoms with van der Waals surface area (Å²) in [6.07, 6.45) is 13.2. The zero-order chi connectivity index (χ0) is 34.0. The Morgan fingerprint density at radius 1 is 1.02 bits per heavy atom. The molecule has 0 spiro atoms. The van der Waals surface area contributed by atoms with Crippen LogP contribution in [0.3, 0.4) is 0 Å². The highest BCUT2D eigenvalue weighted by atomic mass is 16.5. The van der Waals surface area contributed by atoms with Crippen molar-refractivity contribution in [3.05, 3.63) is 47.8 Å². The highest BCUT2D eigenvalue weighted by Crippen LogP contribution is 2.55. The lowest BCUT2D eigenvalue weighted by Gasteiger charge is -2.54. The van der Waals surface area contributed by atoms with Crippen molar-refractivity contribution < 1.29 is 23.9 Å². The maximum atomic E-state index is 14.0. The first-order chi connectivity index (χ1) is 23.8. The van der Waals surface area contributed by atoms with Crippen molar-refractivity contribution in [2.24, 2.45) is 11.3 Å². The fourth-order valence-corrected chi connectivity index (χ4v) is 8.48. The monoisotopic (exact) mass is 667 g/mol. The van der Waals surface area contributed by atoms with Crippen molar-refractivity contribution in [3.8, 4) is 17.5 Å². The highest BCUT2D eigenvalue weighted by Gasteiger charge is 2.49. The van der Waals surface area contributed by atoms with Crippen molar-refractivity contribution in [1.29, 1.82) is 5.26 Å². The lowest BCUT2D eigenvalue weighted by Crippen LogP contribution is -2.51. The number of hydrogen-bond donors (Lipinski definition) is 2. The van der Waals surface area contributed by atoms with Gasteiger partial charge >= 0.3 is 5.97 Å². The number of ether oxygens (including phenoxy) is 2. The van der Waals surface area contributed by atoms with Gasteiger partial charge in [-0.25, -0.2) is 4.52 Å². The number of fused-ring (bicyclic) bond motifs is 4. The molecule has 0 unspecified atom stereocenters. The number of nitrogens with one attached hydrogen (secondary N) is 2. The Kier molecular flexibility index (Phi) is 9.29. The molecule has 12 nitrogen and oxygen atoms in total. The third-order valence-electron chi connectivity index (χ3n) is 11.6. The molecule has 2 bridgehead atoms. The minimum Gasteiger partial charge on any atom is -0.469 e. The van der Waals surface area contributed by atoms with E-state index in [4.69, 9.17) is 14.5 Å². The molecule has 4 heterocycles. The first kappa shape index (κ1) is 33.0. The number of carbonyl (C=O) groups excluding carboxylic acids is 3. The summed E-state index contributed by atoms with van der Waals surface area (Å²) in [4.78, 5) is 45.6. The molecule has 49 heavy (non-hydrogen) atoms. The number of rotatable bonds is 9. The van der Waals surface area contributed by atoms with Crippen molar-refractivity contribution in [3.63, 3.8) is 0 Å². The van der Waals surface area contributed by atoms with E-state index in [0.29, 0.717) is 61.9 Å². The van der Waals surface area contributed by atoms with Gasteiger partial charge in [-0.15, -0.1) is 0 Å². The number of methoxy groups -OCH3 is 1. The third kappa shape index (κ3) is 6.99. The Bertz CT molecular complexity index is 1740. The summed E-state index contributed by atoms with van der Waals surface area (Å²) in [5.41, 5.74) is 3.75. The topological polar surface area (TPSA) is 151 Å². The number of nitrogens with zero attached hydrogens (tertiary/aromatic N) is 5. The largest absolute Gasteiger partial charge is 0.469 e. The Morgan fingerprint density at radius 2 is 1.76 bits per heavy atom. The predicted octanol–water partition coefficient (Wildman–Crippen LogP) is 4.87. The molecule has 0 atom stereocenters. The molecule has 1 aliphatic heterocycles. The summed E-state index contributed by atoms with van der Waals surface area (Å²) in [6.45, 7) is 2.55. The molecule has 8 rings (SSSR count). The van der Waals surface area contributed by atoms with Crippen LogP contribution in [0, 0.1) is 22.7 Å². The van der Waals surface area contributed by atoms with Crippen molar-refractivity contribution in [2.75, 3.05) is 38.7 Å². The summed E-state index contributed by atoms with van der Waals surface area (Å²) >= 11 is 0. The van der Waals surface area contributed by atoms with Gasteiger partial charge in [0.1, 0.15) is 6.07 Å². The molecule has 12 heteroatoms. The fourth-order valence-electron chi connectivity index (χ4n) is 8.48. The molecular weight excluding hydrogens is 622 g/mol. The molecule has 1 saturated heterocycles. The second-order valence-corrected chi connectivity index (χ2v) is 14.6. The van der Waals surface area contributed by atoms with Crippen LogP contribution in [0.15, 0.2) is 36.7 Å². The molecule has 3 aromatic heterocycles. The van der Waals surface area contributed by atoms with Gasteiger partial charge in [0.25, 0.3) is 5.91 Å². The van der Waals surface area contributed by atoms with Gasteiger partial charge in [0.15, 0.2) is 0 Å². The van der Waals surface area contributed by atoms with Crippen molar-refractivity contribution >= 4 is 29.0 Å². The Morgan fingerprint density at radius 3 is 2.45 bits per heavy atom. The van der Waals surface area contributed by atoms with Gasteiger partial charge in [-0.1, -0.05) is 0 Å². The van der Waals surface area contributed by atoms with Gasteiger partial charge in [-0.05, 0) is 99.8 Å². The summed E-state index contributed by atoms with van der Waals surface area (Å²) in [7, 11) is 1.45. The van der Waals surface area contributed by atoms with Gasteiger partial charge in [0, 0.05) is 37.3 Å². The smallest absolute Gasteiger partial charge is 0.306 e. The van der Waals surface area contributed by atoms with Gasteiger partial charge in [0.05, 0.1) is 66.7 Å². The van der Waals surface area contributed by atoms with Gasteiger partial charge in [-0.3, -0.25) is 19.4 Å². The zero-order valence-corrected chi connectivity index (χ0v) is 28.2. The fraction of sp³-hybridized carbons (Fsp3) is 0.568. The first-order valence-corrected chi connectivity index (χ1v) is 17.7. The van der Waals surface area contributed by atoms with E-state index in [-0.39, 0.29) is 34.8 Å². The summed E-state index contributed by atoms with van der Waals surface area (Å²) in [6, 6.07) is 9.74. The van der Waals surface area contributed by atoms with Gasteiger partial charge < -0.3 is 25.0 Å². The summed E-state index contributed by atoms with van der Waals surface area (Å²) < 4.78 is 12.2. The lowest BCUT2D eigenvalue weighted by atomic mass is 9.56. The van der Waals surface area contributed by atoms with E-state index >= 15 is 0 Å². The van der Waals surface area contributed by atoms with Crippen LogP contribution in [-0.2, 0) is 19.1 Å². The number of carbonyl (C=O) groups is 3. The zero-order valence-electron chi connectivity index (χ0n) is 28.2. The van der Waals surface area contributed by atoms with E-state index in [1.165, 1.54) is 13.3 Å². The Hall–Kier alpha value is -4.50. The number of hydrogen-bond acceptors (Lipinski definition) is 9. The van der Waals surface area contributed by atoms with Crippen LogP contribution in [0.1, 0.15) is 93.0 Å². The molecular formula is C37H45N7O5. The molecule has 0 aromatic carbocycles. The van der Waals surface area contributed by atoms with Crippen LogP contribution in [0.2, 0.25) is 0 Å². The van der Waals surface area contributed by atoms with Crippen molar-refractivity contribution in [1.82, 2.24) is 24.8 Å². The standard InChI is InChI=1S/C37H45N7O5/c1-48-34(46)21-36-8-11-37(12-9-36,13-10-36)42-30-20-31(32-7-6-28-18-26(22-38)23-40-44(28)32)39-24-29(30)35(47)41-27-4-2-25(3-5-27)19-33(45)43-14-16-49-17-15-43/h6-7,18,20,23-25,27H,2-5,8-17,19,21H2,1H3,(H,39,42)(H,41,47). The second kappa shape index (κ2) is 13.8. The van der Waals surface area contributed by atoms with Crippen LogP contribution in [0.5, 0.6) is 0 Å². The number of morpholine rings is 1. The van der Waals surface area contributed by atoms with E-state index in [1.54, 1.807) is 16.8 Å². The summed E-state index contributed by atoms with van der Waals surface area (Å²) in [5, 5.41) is 20.9. The van der Waals surface area contributed by atoms with Crippen LogP contribution in [-0.4, -0.2) is 82.3 Å². The number of anilines is 1. The molecule has 3 aromatic rings. The molecule has 4 saturated carbocycles. The van der Waals surface area contributed by atoms with E-state index in [0.717, 1.165) is 81.1 Å². The maximum Gasteiger partial charge on any atom is 0.306 e. The highest BCUT2D eigenvalue weighted by molar-refractivity contribution is 6.00. The number of esters is 1. The second-order valence-electron chi connectivity index (χ2n) is 14.6. The number of nitriles is 1. The SMILES string of the molecule is COC(=O)CC12CCC(Nc3cc(-c4ccc5cc(C#N)cnn45)ncc3C(=O)NC3CCC(CC(=O)N4CCOCC4)CC3)(CC1)CC2. The van der Waals surface area contributed by atoms with E-state index < -0.39 is 0 Å². The normalized spacial score (nSPS) is 26.6. The van der Waals surface area contributed by atoms with Gasteiger partial charge in [0.2, 0.25) is 5.91 Å². The number of amides is 2. The quantitative estimate of drug-likeness (QED) is 0.305. The average Bonchev–Trinajstić information content (AvgIpc) is 3.57. The van der Waals surface area contributed by atoms with E-state index in [1.807, 2.05) is 23.1 Å². The van der Waals surface area contributed by atoms with Gasteiger partial charge in [-0.2, -0.15) is 10.4 Å². The van der Waals surface area contributed by atoms with E-state index in [9.17, 15) is 19.6 Å². The Labute approximate surface area is 286 Å². The first-order valence-electron chi connectivity index (χ1n) is 17.7. The minimum absolute atomic E-state index is 0.00935. The lowest BCUT2D eigenvalue weighted by molar-refractivity contribution is -0.145. The molecule has 258 valence electrons. The van der Waals surface area contributed by atoms with Crippen LogP contribution >= 0.6 is 0 Å². The molecule has 5 aliphatic rings. The molecule has 2 N–H and O–H groups in total. The predicted molar refractivity (Wildman–Crippen MR) is 181 cm³/mol.